The fourth-order valence-corrected chi connectivity index (χ4v) is 12.1. The molecule has 7 aliphatic heterocycles. The number of thioether (sulfide) groups is 1. The highest BCUT2D eigenvalue weighted by molar-refractivity contribution is 7.99. The molecule has 19 heteroatoms. The molecule has 4 bridgehead atoms. The maximum absolute atomic E-state index is 14.9. The Labute approximate surface area is 351 Å². The largest absolute Gasteiger partial charge is 0.504 e. The Morgan fingerprint density at radius 3 is 2.46 bits per heavy atom. The summed E-state index contributed by atoms with van der Waals surface area (Å²) in [5.41, 5.74) is 2.91. The van der Waals surface area contributed by atoms with E-state index in [0.29, 0.717) is 57.1 Å². The molecule has 7 aliphatic rings. The molecule has 2 fully saturated rings. The topological polar surface area (TPSA) is 178 Å². The quantitative estimate of drug-likeness (QED) is 0.271. The zero-order valence-electron chi connectivity index (χ0n) is 33.9. The molecule has 0 aliphatic carbocycles. The van der Waals surface area contributed by atoms with Crippen molar-refractivity contribution < 1.29 is 65.8 Å². The number of methoxy groups -OCH3 is 2. The number of nitrogens with zero attached hydrogens (tertiary/aromatic N) is 3. The zero-order chi connectivity index (χ0) is 43.4. The first-order chi connectivity index (χ1) is 29.1. The number of likely N-dealkylation sites (N-methyl/N-ethyl adjacent to an activating group) is 1. The summed E-state index contributed by atoms with van der Waals surface area (Å²) < 4.78 is 80.5. The van der Waals surface area contributed by atoms with E-state index in [1.807, 2.05) is 20.0 Å². The van der Waals surface area contributed by atoms with E-state index in [9.17, 15) is 37.9 Å². The molecular weight excluding hydrogens is 826 g/mol. The normalized spacial score (nSPS) is 27.4. The Balaban J connectivity index is 1.29. The fourth-order valence-electron chi connectivity index (χ4n) is 10.4. The highest BCUT2D eigenvalue weighted by Crippen LogP contribution is 2.64. The van der Waals surface area contributed by atoms with Crippen molar-refractivity contribution in [2.75, 3.05) is 47.0 Å². The van der Waals surface area contributed by atoms with Gasteiger partial charge in [-0.25, -0.2) is 9.59 Å². The molecule has 3 aromatic carbocycles. The molecule has 0 aromatic heterocycles. The Kier molecular flexibility index (Phi) is 9.81. The van der Waals surface area contributed by atoms with Crippen LogP contribution in [0.1, 0.15) is 68.8 Å². The van der Waals surface area contributed by atoms with Gasteiger partial charge in [-0.15, -0.1) is 11.8 Å². The van der Waals surface area contributed by atoms with E-state index in [1.165, 1.54) is 45.0 Å². The average Bonchev–Trinajstić information content (AvgIpc) is 3.70. The molecule has 0 radical (unpaired) electrons. The van der Waals surface area contributed by atoms with Gasteiger partial charge in [0, 0.05) is 53.6 Å². The van der Waals surface area contributed by atoms with Crippen molar-refractivity contribution in [1.82, 2.24) is 15.1 Å². The number of aromatic hydroxyl groups is 1. The third kappa shape index (κ3) is 6.00. The monoisotopic (exact) mass is 866 g/mol. The Bertz CT molecular complexity index is 2460. The predicted molar refractivity (Wildman–Crippen MR) is 208 cm³/mol. The molecule has 2 N–H and O–H groups in total. The molecule has 0 saturated carbocycles. The number of aryl methyl sites for hydroxylation is 1. The first-order valence-corrected chi connectivity index (χ1v) is 20.6. The number of piperazine rings is 1. The molecule has 0 amide bonds. The highest BCUT2D eigenvalue weighted by atomic mass is 32.2. The van der Waals surface area contributed by atoms with Crippen LogP contribution in [0.4, 0.5) is 13.2 Å². The fraction of sp³-hybridized carbons (Fsp3) is 0.476. The van der Waals surface area contributed by atoms with Gasteiger partial charge < -0.3 is 38.3 Å². The van der Waals surface area contributed by atoms with E-state index >= 15 is 0 Å². The van der Waals surface area contributed by atoms with Gasteiger partial charge >= 0.3 is 24.1 Å². The van der Waals surface area contributed by atoms with Crippen molar-refractivity contribution in [3.05, 3.63) is 62.7 Å². The second-order valence-electron chi connectivity index (χ2n) is 16.0. The summed E-state index contributed by atoms with van der Waals surface area (Å²) in [6.45, 7) is 4.61. The van der Waals surface area contributed by atoms with Gasteiger partial charge in [0.25, 0.3) is 0 Å². The number of hydrogen-bond acceptors (Lipinski definition) is 16. The summed E-state index contributed by atoms with van der Waals surface area (Å²) in [5, 5.41) is 25.9. The number of hydrogen-bond donors (Lipinski definition) is 2. The number of halogens is 3. The lowest BCUT2D eigenvalue weighted by Gasteiger charge is -2.62. The minimum atomic E-state index is -5.28. The summed E-state index contributed by atoms with van der Waals surface area (Å²) in [5.74, 6) is -3.27. The van der Waals surface area contributed by atoms with Gasteiger partial charge in [0.1, 0.15) is 18.4 Å². The van der Waals surface area contributed by atoms with Crippen LogP contribution in [0.5, 0.6) is 40.2 Å². The maximum atomic E-state index is 14.9. The molecule has 10 rings (SSSR count). The Morgan fingerprint density at radius 2 is 1.77 bits per heavy atom. The SMILES string of the molecule is COc1cc2c(cc1OC(=O)C(F)(F)F)CCN[C@]21CS[C@@H]2c3c(OC(C)=O)c(C)c4c(c3[C@@H](COC1=O)N1C2[C@@H]2c3c(cc(C)c(OC)c3O)C[C@H]([C@@H]1C#N)N2C)OCO4. The summed E-state index contributed by atoms with van der Waals surface area (Å²) in [7, 11) is 4.60. The number of phenols is 1. The lowest BCUT2D eigenvalue weighted by Crippen LogP contribution is -2.69. The van der Waals surface area contributed by atoms with Gasteiger partial charge in [-0.3, -0.25) is 19.9 Å². The number of ether oxygens (including phenoxy) is 7. The minimum absolute atomic E-state index is 0.0386. The van der Waals surface area contributed by atoms with Crippen LogP contribution >= 0.6 is 11.8 Å². The summed E-state index contributed by atoms with van der Waals surface area (Å²) in [6, 6.07) is 3.89. The number of carbonyl (C=O) groups excluding carboxylic acids is 3. The van der Waals surface area contributed by atoms with E-state index in [2.05, 4.69) is 21.2 Å². The Hall–Kier alpha value is -5.42. The van der Waals surface area contributed by atoms with Crippen LogP contribution in [0.15, 0.2) is 18.2 Å². The van der Waals surface area contributed by atoms with Crippen LogP contribution in [-0.4, -0.2) is 104 Å². The van der Waals surface area contributed by atoms with E-state index in [0.717, 1.165) is 11.1 Å². The molecule has 1 unspecified atom stereocenters. The number of benzene rings is 3. The van der Waals surface area contributed by atoms with Crippen molar-refractivity contribution >= 4 is 29.7 Å². The number of alkyl halides is 3. The number of phenolic OH excluding ortho intramolecular Hbond substituents is 1. The number of fused-ring (bicyclic) bond motifs is 9. The molecule has 2 saturated heterocycles. The molecular formula is C42H41F3N4O11S. The molecule has 61 heavy (non-hydrogen) atoms. The van der Waals surface area contributed by atoms with E-state index < -0.39 is 64.8 Å². The third-order valence-electron chi connectivity index (χ3n) is 12.9. The molecule has 7 atom stereocenters. The van der Waals surface area contributed by atoms with Crippen molar-refractivity contribution in [3.63, 3.8) is 0 Å². The van der Waals surface area contributed by atoms with Crippen LogP contribution in [0.25, 0.3) is 0 Å². The van der Waals surface area contributed by atoms with Crippen LogP contribution in [0, 0.1) is 25.2 Å². The van der Waals surface area contributed by atoms with Gasteiger partial charge in [-0.2, -0.15) is 18.4 Å². The smallest absolute Gasteiger partial charge is 0.491 e. The Morgan fingerprint density at radius 1 is 1.02 bits per heavy atom. The minimum Gasteiger partial charge on any atom is -0.504 e. The lowest BCUT2D eigenvalue weighted by molar-refractivity contribution is -0.189. The predicted octanol–water partition coefficient (Wildman–Crippen LogP) is 4.75. The van der Waals surface area contributed by atoms with Gasteiger partial charge in [-0.1, -0.05) is 6.07 Å². The molecule has 3 aromatic rings. The molecule has 1 spiro atoms. The molecule has 322 valence electrons. The zero-order valence-corrected chi connectivity index (χ0v) is 34.7. The van der Waals surface area contributed by atoms with Gasteiger partial charge in [0.05, 0.1) is 37.6 Å². The highest BCUT2D eigenvalue weighted by Gasteiger charge is 2.62. The summed E-state index contributed by atoms with van der Waals surface area (Å²) >= 11 is 1.32. The van der Waals surface area contributed by atoms with Gasteiger partial charge in [0.15, 0.2) is 40.0 Å². The average molecular weight is 867 g/mol. The number of nitriles is 1. The summed E-state index contributed by atoms with van der Waals surface area (Å²) in [4.78, 5) is 44.0. The van der Waals surface area contributed by atoms with Crippen LogP contribution in [-0.2, 0) is 37.5 Å². The standard InChI is InChI=1S/C42H41F3N4O11S/c1-17-9-21-10-23-24(13-46)49-25-14-56-39(52)41(22-12-26(54-5)27(11-20(22)7-8-47-41)60-40(53)42(43,44)45)15-61-38(32(49)31(48(23)4)28(21)33(51)34(17)55-6)30-29(25)37-36(57-16-58-37)18(2)35(30)59-19(3)50/h9,11-12,23-25,31-32,38,47,51H,7-8,10,14-16H2,1-6H3/t23-,24+,25-,31+,32?,38-,41-/m1/s1. The van der Waals surface area contributed by atoms with Crippen molar-refractivity contribution in [3.8, 4) is 46.3 Å². The van der Waals surface area contributed by atoms with E-state index in [1.54, 1.807) is 6.92 Å². The number of nitrogens with one attached hydrogen (secondary N) is 1. The molecule has 15 nitrogen and oxygen atoms in total. The van der Waals surface area contributed by atoms with Crippen LogP contribution in [0.2, 0.25) is 0 Å². The van der Waals surface area contributed by atoms with Crippen molar-refractivity contribution in [2.24, 2.45) is 0 Å². The van der Waals surface area contributed by atoms with Crippen LogP contribution in [0.3, 0.4) is 0 Å². The first kappa shape index (κ1) is 41.0. The first-order valence-electron chi connectivity index (χ1n) is 19.5. The summed E-state index contributed by atoms with van der Waals surface area (Å²) in [6.07, 6.45) is -4.62. The number of esters is 3. The van der Waals surface area contributed by atoms with Crippen molar-refractivity contribution in [1.29, 1.82) is 5.26 Å². The maximum Gasteiger partial charge on any atom is 0.491 e. The van der Waals surface area contributed by atoms with Gasteiger partial charge in [0.2, 0.25) is 6.79 Å². The van der Waals surface area contributed by atoms with Gasteiger partial charge in [-0.05, 0) is 68.1 Å². The van der Waals surface area contributed by atoms with E-state index in [-0.39, 0.29) is 55.4 Å². The second-order valence-corrected chi connectivity index (χ2v) is 17.1. The molecule has 7 heterocycles. The third-order valence-corrected chi connectivity index (χ3v) is 14.3. The van der Waals surface area contributed by atoms with Crippen molar-refractivity contribution in [2.45, 2.75) is 80.8 Å². The number of rotatable bonds is 4. The van der Waals surface area contributed by atoms with E-state index in [4.69, 9.17) is 33.2 Å². The number of carbonyl (C=O) groups is 3. The lowest BCUT2D eigenvalue weighted by atomic mass is 9.71. The van der Waals surface area contributed by atoms with Crippen LogP contribution < -0.4 is 33.7 Å². The second kappa shape index (κ2) is 14.6.